The molecule has 21 heavy (non-hydrogen) atoms. The molecule has 2 rings (SSSR count). The first kappa shape index (κ1) is 14.8. The molecular weight excluding hydrogens is 278 g/mol. The average molecular weight is 293 g/mol. The maximum atomic E-state index is 12.0. The minimum atomic E-state index is -1.08. The van der Waals surface area contributed by atoms with Gasteiger partial charge in [-0.25, -0.2) is 4.79 Å². The van der Waals surface area contributed by atoms with Crippen molar-refractivity contribution in [3.63, 3.8) is 0 Å². The minimum absolute atomic E-state index is 0.0618. The Hall–Kier alpha value is -2.57. The Morgan fingerprint density at radius 3 is 2.62 bits per heavy atom. The van der Waals surface area contributed by atoms with Gasteiger partial charge in [-0.3, -0.25) is 9.59 Å². The summed E-state index contributed by atoms with van der Waals surface area (Å²) >= 11 is 0. The van der Waals surface area contributed by atoms with Gasteiger partial charge in [-0.2, -0.15) is 0 Å². The Bertz CT molecular complexity index is 597. The van der Waals surface area contributed by atoms with E-state index in [0.717, 1.165) is 0 Å². The normalized spacial score (nSPS) is 17.7. The third-order valence-corrected chi connectivity index (χ3v) is 3.38. The van der Waals surface area contributed by atoms with Crippen molar-refractivity contribution in [2.45, 2.75) is 6.42 Å². The number of hydrogen-bond donors (Lipinski definition) is 1. The van der Waals surface area contributed by atoms with Gasteiger partial charge in [0, 0.05) is 13.0 Å². The van der Waals surface area contributed by atoms with Crippen LogP contribution in [-0.4, -0.2) is 43.7 Å². The molecule has 1 aromatic carbocycles. The quantitative estimate of drug-likeness (QED) is 0.830. The fourth-order valence-electron chi connectivity index (χ4n) is 2.30. The second-order valence-electron chi connectivity index (χ2n) is 4.62. The van der Waals surface area contributed by atoms with Crippen LogP contribution in [0.1, 0.15) is 16.8 Å². The molecular formula is C14H15NO6. The standard InChI is InChI=1S/C14H15NO6/c1-20-11-5-8(13(17)18)3-4-10(11)15-7-9(6-12(15)16)14(19)21-2/h3-5,9H,6-7H2,1-2H3,(H,17,18). The number of ether oxygens (including phenoxy) is 2. The van der Waals surface area contributed by atoms with E-state index in [0.29, 0.717) is 5.69 Å². The number of carboxylic acids is 1. The molecule has 0 spiro atoms. The van der Waals surface area contributed by atoms with E-state index in [9.17, 15) is 14.4 Å². The number of hydrogen-bond acceptors (Lipinski definition) is 5. The molecule has 1 aliphatic rings. The first-order chi connectivity index (χ1) is 9.97. The number of aromatic carboxylic acids is 1. The van der Waals surface area contributed by atoms with Crippen LogP contribution in [0.3, 0.4) is 0 Å². The summed E-state index contributed by atoms with van der Waals surface area (Å²) in [5.41, 5.74) is 0.505. The van der Waals surface area contributed by atoms with Gasteiger partial charge in [0.1, 0.15) is 5.75 Å². The molecule has 1 N–H and O–H groups in total. The summed E-state index contributed by atoms with van der Waals surface area (Å²) in [6.45, 7) is 0.189. The largest absolute Gasteiger partial charge is 0.495 e. The van der Waals surface area contributed by atoms with Gasteiger partial charge in [-0.1, -0.05) is 0 Å². The number of methoxy groups -OCH3 is 2. The maximum absolute atomic E-state index is 12.0. The van der Waals surface area contributed by atoms with E-state index in [4.69, 9.17) is 9.84 Å². The summed E-state index contributed by atoms with van der Waals surface area (Å²) in [5.74, 6) is -2.00. The molecule has 1 unspecified atom stereocenters. The second kappa shape index (κ2) is 5.82. The zero-order valence-corrected chi connectivity index (χ0v) is 11.7. The predicted octanol–water partition coefficient (Wildman–Crippen LogP) is 0.919. The molecule has 0 saturated carbocycles. The van der Waals surface area contributed by atoms with E-state index < -0.39 is 17.9 Å². The molecule has 1 aliphatic heterocycles. The van der Waals surface area contributed by atoms with Crippen molar-refractivity contribution >= 4 is 23.5 Å². The van der Waals surface area contributed by atoms with Crippen LogP contribution >= 0.6 is 0 Å². The number of esters is 1. The van der Waals surface area contributed by atoms with Crippen molar-refractivity contribution in [2.24, 2.45) is 5.92 Å². The van der Waals surface area contributed by atoms with Crippen molar-refractivity contribution in [3.8, 4) is 5.75 Å². The summed E-state index contributed by atoms with van der Waals surface area (Å²) < 4.78 is 9.79. The highest BCUT2D eigenvalue weighted by Gasteiger charge is 2.37. The van der Waals surface area contributed by atoms with E-state index in [2.05, 4.69) is 4.74 Å². The van der Waals surface area contributed by atoms with Crippen LogP contribution in [0, 0.1) is 5.92 Å². The fourth-order valence-corrected chi connectivity index (χ4v) is 2.30. The van der Waals surface area contributed by atoms with Crippen LogP contribution in [-0.2, 0) is 14.3 Å². The van der Waals surface area contributed by atoms with Gasteiger partial charge in [0.15, 0.2) is 0 Å². The van der Waals surface area contributed by atoms with Gasteiger partial charge < -0.3 is 19.5 Å². The minimum Gasteiger partial charge on any atom is -0.495 e. The molecule has 1 heterocycles. The molecule has 0 radical (unpaired) electrons. The molecule has 1 amide bonds. The number of rotatable bonds is 4. The summed E-state index contributed by atoms with van der Waals surface area (Å²) in [6.07, 6.45) is 0.0660. The molecule has 1 fully saturated rings. The zero-order chi connectivity index (χ0) is 15.6. The van der Waals surface area contributed by atoms with Crippen molar-refractivity contribution in [1.82, 2.24) is 0 Å². The number of carbonyl (C=O) groups is 3. The number of anilines is 1. The predicted molar refractivity (Wildman–Crippen MR) is 72.4 cm³/mol. The van der Waals surface area contributed by atoms with Crippen LogP contribution in [0.15, 0.2) is 18.2 Å². The Balaban J connectivity index is 2.32. The lowest BCUT2D eigenvalue weighted by Crippen LogP contribution is -2.26. The van der Waals surface area contributed by atoms with Gasteiger partial charge in [-0.15, -0.1) is 0 Å². The van der Waals surface area contributed by atoms with Crippen LogP contribution in [0.5, 0.6) is 5.75 Å². The third-order valence-electron chi connectivity index (χ3n) is 3.38. The van der Waals surface area contributed by atoms with Gasteiger partial charge in [0.2, 0.25) is 5.91 Å². The average Bonchev–Trinajstić information content (AvgIpc) is 2.87. The highest BCUT2D eigenvalue weighted by atomic mass is 16.5. The molecule has 1 atom stereocenters. The van der Waals surface area contributed by atoms with Gasteiger partial charge in [0.05, 0.1) is 31.4 Å². The Labute approximate surface area is 121 Å². The van der Waals surface area contributed by atoms with E-state index in [-0.39, 0.29) is 30.2 Å². The van der Waals surface area contributed by atoms with Crippen molar-refractivity contribution in [3.05, 3.63) is 23.8 Å². The first-order valence-electron chi connectivity index (χ1n) is 6.27. The second-order valence-corrected chi connectivity index (χ2v) is 4.62. The Kier molecular flexibility index (Phi) is 4.11. The molecule has 1 aromatic rings. The number of carboxylic acid groups (broad SMARTS) is 1. The summed E-state index contributed by atoms with van der Waals surface area (Å²) in [7, 11) is 2.67. The van der Waals surface area contributed by atoms with Gasteiger partial charge in [0.25, 0.3) is 0 Å². The van der Waals surface area contributed by atoms with E-state index >= 15 is 0 Å². The number of amides is 1. The van der Waals surface area contributed by atoms with E-state index in [1.807, 2.05) is 0 Å². The third kappa shape index (κ3) is 2.81. The Morgan fingerprint density at radius 2 is 2.05 bits per heavy atom. The Morgan fingerprint density at radius 1 is 1.33 bits per heavy atom. The molecule has 112 valence electrons. The lowest BCUT2D eigenvalue weighted by atomic mass is 10.1. The van der Waals surface area contributed by atoms with Crippen LogP contribution in [0.2, 0.25) is 0 Å². The highest BCUT2D eigenvalue weighted by molar-refractivity contribution is 6.01. The summed E-state index contributed by atoms with van der Waals surface area (Å²) in [5, 5.41) is 8.96. The van der Waals surface area contributed by atoms with Crippen LogP contribution in [0.4, 0.5) is 5.69 Å². The highest BCUT2D eigenvalue weighted by Crippen LogP contribution is 2.34. The topological polar surface area (TPSA) is 93.1 Å². The van der Waals surface area contributed by atoms with Crippen LogP contribution < -0.4 is 9.64 Å². The zero-order valence-electron chi connectivity index (χ0n) is 11.7. The molecule has 0 aromatic heterocycles. The summed E-state index contributed by atoms with van der Waals surface area (Å²) in [4.78, 5) is 35.9. The van der Waals surface area contributed by atoms with Crippen molar-refractivity contribution in [2.75, 3.05) is 25.7 Å². The van der Waals surface area contributed by atoms with E-state index in [1.54, 1.807) is 0 Å². The van der Waals surface area contributed by atoms with E-state index in [1.165, 1.54) is 37.3 Å². The van der Waals surface area contributed by atoms with Gasteiger partial charge >= 0.3 is 11.9 Å². The van der Waals surface area contributed by atoms with Crippen LogP contribution in [0.25, 0.3) is 0 Å². The first-order valence-corrected chi connectivity index (χ1v) is 6.27. The van der Waals surface area contributed by atoms with Crippen molar-refractivity contribution in [1.29, 1.82) is 0 Å². The SMILES string of the molecule is COC(=O)C1CC(=O)N(c2ccc(C(=O)O)cc2OC)C1. The summed E-state index contributed by atoms with van der Waals surface area (Å²) in [6, 6.07) is 4.23. The smallest absolute Gasteiger partial charge is 0.335 e. The lowest BCUT2D eigenvalue weighted by molar-refractivity contribution is -0.145. The molecule has 0 bridgehead atoms. The van der Waals surface area contributed by atoms with Gasteiger partial charge in [-0.05, 0) is 18.2 Å². The molecule has 7 nitrogen and oxygen atoms in total. The number of benzene rings is 1. The molecule has 7 heteroatoms. The molecule has 1 saturated heterocycles. The maximum Gasteiger partial charge on any atom is 0.335 e. The fraction of sp³-hybridized carbons (Fsp3) is 0.357. The number of carbonyl (C=O) groups excluding carboxylic acids is 2. The number of nitrogens with zero attached hydrogens (tertiary/aromatic N) is 1. The van der Waals surface area contributed by atoms with Crippen molar-refractivity contribution < 1.29 is 29.0 Å². The molecule has 0 aliphatic carbocycles. The lowest BCUT2D eigenvalue weighted by Gasteiger charge is -2.19. The monoisotopic (exact) mass is 293 g/mol.